The quantitative estimate of drug-likeness (QED) is 0.551. The van der Waals surface area contributed by atoms with Gasteiger partial charge in [-0.05, 0) is 13.8 Å². The Balaban J connectivity index is 4.06. The molecule has 54 valence electrons. The molecule has 0 bridgehead atoms. The molecule has 0 aromatic heterocycles. The highest BCUT2D eigenvalue weighted by Gasteiger charge is 2.20. The van der Waals surface area contributed by atoms with Gasteiger partial charge in [0.05, 0.1) is 0 Å². The molecule has 0 aromatic rings. The average molecular weight is 147 g/mol. The summed E-state index contributed by atoms with van der Waals surface area (Å²) in [5.74, 6) is 0. The fourth-order valence-electron chi connectivity index (χ4n) is 0.547. The molecule has 0 aromatic carbocycles. The smallest absolute Gasteiger partial charge is 0.109 e. The third-order valence-corrected chi connectivity index (χ3v) is 1.79. The number of hydrogen-bond acceptors (Lipinski definition) is 2. The van der Waals surface area contributed by atoms with Crippen molar-refractivity contribution in [2.75, 3.05) is 14.1 Å². The molecule has 0 saturated carbocycles. The van der Waals surface area contributed by atoms with Crippen molar-refractivity contribution in [3.63, 3.8) is 0 Å². The van der Waals surface area contributed by atoms with Crippen LogP contribution in [0.1, 0.15) is 13.8 Å². The van der Waals surface area contributed by atoms with E-state index in [1.165, 1.54) is 0 Å². The van der Waals surface area contributed by atoms with Gasteiger partial charge in [-0.15, -0.1) is 0 Å². The summed E-state index contributed by atoms with van der Waals surface area (Å²) < 4.78 is 0. The Kier molecular flexibility index (Phi) is 2.58. The molecule has 3 heteroatoms. The van der Waals surface area contributed by atoms with Gasteiger partial charge in [-0.3, -0.25) is 0 Å². The summed E-state index contributed by atoms with van der Waals surface area (Å²) >= 11 is 4.89. The van der Waals surface area contributed by atoms with E-state index in [1.54, 1.807) is 18.7 Å². The number of nitrogens with zero attached hydrogens (tertiary/aromatic N) is 1. The highest BCUT2D eigenvalue weighted by atomic mass is 32.1. The second-order valence-electron chi connectivity index (χ2n) is 2.76. The molecule has 0 aliphatic carbocycles. The Labute approximate surface area is 61.5 Å². The summed E-state index contributed by atoms with van der Waals surface area (Å²) in [6.07, 6.45) is 0. The van der Waals surface area contributed by atoms with Crippen molar-refractivity contribution in [3.05, 3.63) is 0 Å². The van der Waals surface area contributed by atoms with E-state index in [0.29, 0.717) is 4.99 Å². The maximum atomic E-state index is 9.27. The van der Waals surface area contributed by atoms with Gasteiger partial charge in [0.2, 0.25) is 0 Å². The molecule has 0 amide bonds. The summed E-state index contributed by atoms with van der Waals surface area (Å²) in [6.45, 7) is 3.35. The van der Waals surface area contributed by atoms with Crippen LogP contribution in [-0.4, -0.2) is 34.7 Å². The number of hydrogen-bond donors (Lipinski definition) is 1. The maximum Gasteiger partial charge on any atom is 0.109 e. The zero-order valence-corrected chi connectivity index (χ0v) is 7.12. The van der Waals surface area contributed by atoms with Crippen molar-refractivity contribution in [3.8, 4) is 0 Å². The Bertz CT molecular complexity index is 115. The van der Waals surface area contributed by atoms with Crippen molar-refractivity contribution in [2.45, 2.75) is 19.4 Å². The molecule has 0 saturated heterocycles. The molecule has 0 aliphatic rings. The van der Waals surface area contributed by atoms with E-state index in [9.17, 15) is 5.11 Å². The fourth-order valence-corrected chi connectivity index (χ4v) is 0.547. The highest BCUT2D eigenvalue weighted by molar-refractivity contribution is 7.80. The van der Waals surface area contributed by atoms with Crippen molar-refractivity contribution in [1.29, 1.82) is 0 Å². The summed E-state index contributed by atoms with van der Waals surface area (Å²) in [4.78, 5) is 2.29. The molecule has 0 heterocycles. The molecule has 0 radical (unpaired) electrons. The molecule has 0 atom stereocenters. The van der Waals surface area contributed by atoms with Crippen LogP contribution in [0.25, 0.3) is 0 Å². The van der Waals surface area contributed by atoms with Crippen LogP contribution >= 0.6 is 12.2 Å². The van der Waals surface area contributed by atoms with Crippen molar-refractivity contribution in [1.82, 2.24) is 4.90 Å². The lowest BCUT2D eigenvalue weighted by Crippen LogP contribution is -2.39. The topological polar surface area (TPSA) is 23.5 Å². The van der Waals surface area contributed by atoms with Crippen LogP contribution in [0.2, 0.25) is 0 Å². The maximum absolute atomic E-state index is 9.27. The van der Waals surface area contributed by atoms with Crippen molar-refractivity contribution in [2.24, 2.45) is 0 Å². The van der Waals surface area contributed by atoms with E-state index in [-0.39, 0.29) is 0 Å². The van der Waals surface area contributed by atoms with E-state index in [2.05, 4.69) is 0 Å². The largest absolute Gasteiger partial charge is 0.383 e. The van der Waals surface area contributed by atoms with E-state index in [0.717, 1.165) is 0 Å². The molecule has 1 N–H and O–H groups in total. The van der Waals surface area contributed by atoms with Gasteiger partial charge in [0.1, 0.15) is 10.6 Å². The molecular weight excluding hydrogens is 134 g/mol. The van der Waals surface area contributed by atoms with E-state index in [4.69, 9.17) is 12.2 Å². The van der Waals surface area contributed by atoms with Crippen LogP contribution in [0.4, 0.5) is 0 Å². The molecule has 0 spiro atoms. The van der Waals surface area contributed by atoms with Gasteiger partial charge in [0, 0.05) is 14.1 Å². The zero-order chi connectivity index (χ0) is 7.65. The van der Waals surface area contributed by atoms with Crippen LogP contribution in [0.3, 0.4) is 0 Å². The third-order valence-electron chi connectivity index (χ3n) is 0.930. The first-order chi connectivity index (χ1) is 3.85. The second kappa shape index (κ2) is 2.62. The monoisotopic (exact) mass is 147 g/mol. The molecule has 9 heavy (non-hydrogen) atoms. The van der Waals surface area contributed by atoms with Gasteiger partial charge in [0.15, 0.2) is 0 Å². The Hall–Kier alpha value is -0.150. The minimum Gasteiger partial charge on any atom is -0.383 e. The number of thiocarbonyl (C=S) groups is 1. The van der Waals surface area contributed by atoms with Crippen LogP contribution in [0.15, 0.2) is 0 Å². The minimum absolute atomic E-state index is 0.558. The van der Waals surface area contributed by atoms with Crippen LogP contribution in [0.5, 0.6) is 0 Å². The van der Waals surface area contributed by atoms with Crippen LogP contribution in [0, 0.1) is 0 Å². The Morgan fingerprint density at radius 2 is 1.78 bits per heavy atom. The van der Waals surface area contributed by atoms with Crippen LogP contribution in [-0.2, 0) is 0 Å². The van der Waals surface area contributed by atoms with Gasteiger partial charge in [0.25, 0.3) is 0 Å². The molecule has 0 aliphatic heterocycles. The van der Waals surface area contributed by atoms with Gasteiger partial charge >= 0.3 is 0 Å². The third kappa shape index (κ3) is 2.77. The van der Waals surface area contributed by atoms with E-state index in [1.807, 2.05) is 14.1 Å². The summed E-state index contributed by atoms with van der Waals surface area (Å²) in [5, 5.41) is 9.27. The predicted molar refractivity (Wildman–Crippen MR) is 42.6 cm³/mol. The van der Waals surface area contributed by atoms with Gasteiger partial charge < -0.3 is 10.0 Å². The lowest BCUT2D eigenvalue weighted by Gasteiger charge is -2.24. The summed E-state index contributed by atoms with van der Waals surface area (Å²) in [7, 11) is 3.64. The van der Waals surface area contributed by atoms with Gasteiger partial charge in [-0.1, -0.05) is 12.2 Å². The second-order valence-corrected chi connectivity index (χ2v) is 3.15. The van der Waals surface area contributed by atoms with Crippen LogP contribution < -0.4 is 0 Å². The standard InChI is InChI=1S/C6H13NOS/c1-6(2,8)5(9)7(3)4/h8H,1-4H3. The number of aliphatic hydroxyl groups is 1. The molecule has 0 fully saturated rings. The summed E-state index contributed by atoms with van der Waals surface area (Å²) in [5.41, 5.74) is -0.862. The average Bonchev–Trinajstić information content (AvgIpc) is 1.62. The van der Waals surface area contributed by atoms with E-state index >= 15 is 0 Å². The SMILES string of the molecule is CN(C)C(=S)C(C)(C)O. The molecular formula is C6H13NOS. The van der Waals surface area contributed by atoms with Crippen molar-refractivity contribution >= 4 is 17.2 Å². The molecule has 0 rings (SSSR count). The lowest BCUT2D eigenvalue weighted by molar-refractivity contribution is 0.145. The fraction of sp³-hybridized carbons (Fsp3) is 0.833. The lowest BCUT2D eigenvalue weighted by atomic mass is 10.1. The van der Waals surface area contributed by atoms with Crippen molar-refractivity contribution < 1.29 is 5.11 Å². The van der Waals surface area contributed by atoms with E-state index < -0.39 is 5.60 Å². The number of likely N-dealkylation sites (N-methyl/N-ethyl adjacent to an activating group) is 1. The Morgan fingerprint density at radius 3 is 1.78 bits per heavy atom. The Morgan fingerprint density at radius 1 is 1.44 bits per heavy atom. The number of rotatable bonds is 1. The zero-order valence-electron chi connectivity index (χ0n) is 6.30. The minimum atomic E-state index is -0.862. The van der Waals surface area contributed by atoms with Gasteiger partial charge in [-0.2, -0.15) is 0 Å². The molecule has 2 nitrogen and oxygen atoms in total. The summed E-state index contributed by atoms with van der Waals surface area (Å²) in [6, 6.07) is 0. The normalized spacial score (nSPS) is 11.2. The predicted octanol–water partition coefficient (Wildman–Crippen LogP) is 0.646. The first-order valence-corrected chi connectivity index (χ1v) is 3.20. The highest BCUT2D eigenvalue weighted by Crippen LogP contribution is 2.05. The molecule has 0 unspecified atom stereocenters. The first kappa shape index (κ1) is 8.85. The first-order valence-electron chi connectivity index (χ1n) is 2.80. The van der Waals surface area contributed by atoms with Gasteiger partial charge in [-0.25, -0.2) is 0 Å².